The third-order valence-electron chi connectivity index (χ3n) is 2.56. The normalized spacial score (nSPS) is 12.4. The maximum atomic E-state index is 6.39. The van der Waals surface area contributed by atoms with Crippen LogP contribution in [-0.4, -0.2) is 6.61 Å². The molecule has 0 saturated heterocycles. The van der Waals surface area contributed by atoms with Crippen molar-refractivity contribution in [1.82, 2.24) is 0 Å². The molecule has 1 heterocycles. The predicted octanol–water partition coefficient (Wildman–Crippen LogP) is 5.08. The molecule has 2 nitrogen and oxygen atoms in total. The van der Waals surface area contributed by atoms with Crippen molar-refractivity contribution in [2.24, 2.45) is 0 Å². The number of alkyl halides is 1. The molecule has 0 spiro atoms. The standard InChI is InChI=1S/C14H14BrClO2/c1-3-17-12-7-5-10(8-11(12)15)14(16)13-6-4-9(2)18-13/h4-8,14H,3H2,1-2H3. The van der Waals surface area contributed by atoms with Gasteiger partial charge in [0.25, 0.3) is 0 Å². The third-order valence-corrected chi connectivity index (χ3v) is 3.65. The molecule has 2 rings (SSSR count). The average molecular weight is 330 g/mol. The van der Waals surface area contributed by atoms with Gasteiger partial charge in [-0.3, -0.25) is 0 Å². The zero-order chi connectivity index (χ0) is 13.1. The van der Waals surface area contributed by atoms with Gasteiger partial charge in [0.1, 0.15) is 22.6 Å². The van der Waals surface area contributed by atoms with Crippen molar-refractivity contribution in [3.8, 4) is 5.75 Å². The van der Waals surface area contributed by atoms with Gasteiger partial charge in [-0.25, -0.2) is 0 Å². The largest absolute Gasteiger partial charge is 0.493 e. The Bertz CT molecular complexity index is 536. The molecule has 0 N–H and O–H groups in total. The van der Waals surface area contributed by atoms with Gasteiger partial charge >= 0.3 is 0 Å². The van der Waals surface area contributed by atoms with E-state index >= 15 is 0 Å². The van der Waals surface area contributed by atoms with E-state index in [2.05, 4.69) is 15.9 Å². The molecule has 1 aromatic carbocycles. The number of hydrogen-bond donors (Lipinski definition) is 0. The van der Waals surface area contributed by atoms with E-state index in [-0.39, 0.29) is 5.38 Å². The second kappa shape index (κ2) is 5.81. The van der Waals surface area contributed by atoms with Crippen LogP contribution in [0.15, 0.2) is 39.2 Å². The summed E-state index contributed by atoms with van der Waals surface area (Å²) >= 11 is 9.87. The SMILES string of the molecule is CCOc1ccc(C(Cl)c2ccc(C)o2)cc1Br. The van der Waals surface area contributed by atoms with Gasteiger partial charge in [0, 0.05) is 0 Å². The number of halogens is 2. The van der Waals surface area contributed by atoms with E-state index in [1.807, 2.05) is 44.2 Å². The first-order valence-electron chi connectivity index (χ1n) is 5.74. The summed E-state index contributed by atoms with van der Waals surface area (Å²) < 4.78 is 11.9. The van der Waals surface area contributed by atoms with Crippen LogP contribution in [0.3, 0.4) is 0 Å². The lowest BCUT2D eigenvalue weighted by Gasteiger charge is -2.10. The maximum absolute atomic E-state index is 6.39. The Kier molecular flexibility index (Phi) is 4.36. The molecule has 0 amide bonds. The lowest BCUT2D eigenvalue weighted by atomic mass is 10.1. The van der Waals surface area contributed by atoms with Crippen LogP contribution in [0.4, 0.5) is 0 Å². The van der Waals surface area contributed by atoms with Gasteiger partial charge in [-0.1, -0.05) is 6.07 Å². The summed E-state index contributed by atoms with van der Waals surface area (Å²) in [6.07, 6.45) is 0. The minimum absolute atomic E-state index is 0.286. The smallest absolute Gasteiger partial charge is 0.133 e. The molecule has 0 aliphatic rings. The van der Waals surface area contributed by atoms with E-state index in [4.69, 9.17) is 20.8 Å². The summed E-state index contributed by atoms with van der Waals surface area (Å²) in [6.45, 7) is 4.50. The van der Waals surface area contributed by atoms with E-state index in [9.17, 15) is 0 Å². The molecule has 2 aromatic rings. The summed E-state index contributed by atoms with van der Waals surface area (Å²) in [5.41, 5.74) is 0.973. The van der Waals surface area contributed by atoms with Crippen LogP contribution in [0.25, 0.3) is 0 Å². The Balaban J connectivity index is 2.26. The molecular weight excluding hydrogens is 316 g/mol. The molecule has 1 atom stereocenters. The highest BCUT2D eigenvalue weighted by molar-refractivity contribution is 9.10. The molecule has 4 heteroatoms. The van der Waals surface area contributed by atoms with Gasteiger partial charge in [-0.2, -0.15) is 0 Å². The summed E-state index contributed by atoms with van der Waals surface area (Å²) in [5.74, 6) is 2.44. The predicted molar refractivity (Wildman–Crippen MR) is 76.5 cm³/mol. The van der Waals surface area contributed by atoms with Gasteiger partial charge in [0.05, 0.1) is 11.1 Å². The minimum atomic E-state index is -0.286. The fraction of sp³-hybridized carbons (Fsp3) is 0.286. The van der Waals surface area contributed by atoms with Gasteiger partial charge in [-0.15, -0.1) is 11.6 Å². The molecule has 0 aliphatic carbocycles. The van der Waals surface area contributed by atoms with Crippen molar-refractivity contribution in [2.75, 3.05) is 6.61 Å². The van der Waals surface area contributed by atoms with Crippen molar-refractivity contribution in [3.05, 3.63) is 51.9 Å². The monoisotopic (exact) mass is 328 g/mol. The van der Waals surface area contributed by atoms with E-state index in [0.717, 1.165) is 27.3 Å². The first-order chi connectivity index (χ1) is 8.61. The van der Waals surface area contributed by atoms with Gasteiger partial charge in [-0.05, 0) is 59.6 Å². The van der Waals surface area contributed by atoms with Crippen LogP contribution in [0.2, 0.25) is 0 Å². The van der Waals surface area contributed by atoms with Crippen LogP contribution in [0, 0.1) is 6.92 Å². The fourth-order valence-electron chi connectivity index (χ4n) is 1.70. The molecule has 1 unspecified atom stereocenters. The second-order valence-electron chi connectivity index (χ2n) is 3.93. The van der Waals surface area contributed by atoms with E-state index in [1.54, 1.807) is 0 Å². The lowest BCUT2D eigenvalue weighted by Crippen LogP contribution is -1.95. The van der Waals surface area contributed by atoms with Crippen LogP contribution < -0.4 is 4.74 Å². The van der Waals surface area contributed by atoms with Gasteiger partial charge < -0.3 is 9.15 Å². The summed E-state index contributed by atoms with van der Waals surface area (Å²) in [7, 11) is 0. The Morgan fingerprint density at radius 1 is 1.33 bits per heavy atom. The maximum Gasteiger partial charge on any atom is 0.133 e. The Hall–Kier alpha value is -0.930. The molecule has 0 bridgehead atoms. The topological polar surface area (TPSA) is 22.4 Å². The van der Waals surface area contributed by atoms with Crippen LogP contribution in [0.5, 0.6) is 5.75 Å². The summed E-state index contributed by atoms with van der Waals surface area (Å²) in [6, 6.07) is 9.63. The molecule has 0 radical (unpaired) electrons. The Labute approximate surface area is 120 Å². The molecule has 1 aromatic heterocycles. The molecular formula is C14H14BrClO2. The fourth-order valence-corrected chi connectivity index (χ4v) is 2.47. The van der Waals surface area contributed by atoms with Gasteiger partial charge in [0.15, 0.2) is 0 Å². The highest BCUT2D eigenvalue weighted by atomic mass is 79.9. The number of benzene rings is 1. The third kappa shape index (κ3) is 2.90. The first-order valence-corrected chi connectivity index (χ1v) is 6.97. The van der Waals surface area contributed by atoms with Crippen molar-refractivity contribution in [2.45, 2.75) is 19.2 Å². The molecule has 96 valence electrons. The summed E-state index contributed by atoms with van der Waals surface area (Å²) in [5, 5.41) is -0.286. The molecule has 18 heavy (non-hydrogen) atoms. The van der Waals surface area contributed by atoms with Crippen molar-refractivity contribution >= 4 is 27.5 Å². The molecule has 0 aliphatic heterocycles. The summed E-state index contributed by atoms with van der Waals surface area (Å²) in [4.78, 5) is 0. The lowest BCUT2D eigenvalue weighted by molar-refractivity contribution is 0.338. The van der Waals surface area contributed by atoms with Crippen LogP contribution in [0.1, 0.15) is 29.4 Å². The number of rotatable bonds is 4. The number of aryl methyl sites for hydroxylation is 1. The van der Waals surface area contributed by atoms with E-state index in [1.165, 1.54) is 0 Å². The number of ether oxygens (including phenoxy) is 1. The first kappa shape index (κ1) is 13.5. The van der Waals surface area contributed by atoms with Gasteiger partial charge in [0.2, 0.25) is 0 Å². The van der Waals surface area contributed by atoms with Crippen LogP contribution >= 0.6 is 27.5 Å². The minimum Gasteiger partial charge on any atom is -0.493 e. The van der Waals surface area contributed by atoms with Crippen molar-refractivity contribution in [1.29, 1.82) is 0 Å². The van der Waals surface area contributed by atoms with E-state index < -0.39 is 0 Å². The molecule has 0 saturated carbocycles. The second-order valence-corrected chi connectivity index (χ2v) is 5.22. The number of hydrogen-bond acceptors (Lipinski definition) is 2. The van der Waals surface area contributed by atoms with Crippen molar-refractivity contribution < 1.29 is 9.15 Å². The van der Waals surface area contributed by atoms with Crippen LogP contribution in [-0.2, 0) is 0 Å². The quantitative estimate of drug-likeness (QED) is 0.730. The average Bonchev–Trinajstić information content (AvgIpc) is 2.78. The highest BCUT2D eigenvalue weighted by Gasteiger charge is 2.15. The zero-order valence-electron chi connectivity index (χ0n) is 10.2. The zero-order valence-corrected chi connectivity index (χ0v) is 12.6. The van der Waals surface area contributed by atoms with E-state index in [0.29, 0.717) is 6.61 Å². The Morgan fingerprint density at radius 2 is 2.11 bits per heavy atom. The number of furan rings is 1. The Morgan fingerprint density at radius 3 is 2.67 bits per heavy atom. The van der Waals surface area contributed by atoms with Crippen molar-refractivity contribution in [3.63, 3.8) is 0 Å². The molecule has 0 fully saturated rings. The highest BCUT2D eigenvalue weighted by Crippen LogP contribution is 2.34.